The Morgan fingerprint density at radius 1 is 1.25 bits per heavy atom. The Bertz CT molecular complexity index is 752. The quantitative estimate of drug-likeness (QED) is 0.856. The van der Waals surface area contributed by atoms with E-state index in [4.69, 9.17) is 9.47 Å². The van der Waals surface area contributed by atoms with Gasteiger partial charge in [0.1, 0.15) is 5.75 Å². The third-order valence-corrected chi connectivity index (χ3v) is 4.82. The fourth-order valence-corrected chi connectivity index (χ4v) is 3.39. The fourth-order valence-electron chi connectivity index (χ4n) is 3.39. The van der Waals surface area contributed by atoms with Crippen molar-refractivity contribution >= 4 is 22.5 Å². The molecule has 2 fully saturated rings. The lowest BCUT2D eigenvalue weighted by molar-refractivity contribution is -0.140. The first kappa shape index (κ1) is 15.2. The lowest BCUT2D eigenvalue weighted by Gasteiger charge is -2.43. The first-order valence-electron chi connectivity index (χ1n) is 8.30. The van der Waals surface area contributed by atoms with Crippen molar-refractivity contribution in [2.75, 3.05) is 51.4 Å². The van der Waals surface area contributed by atoms with Crippen LogP contribution in [0.25, 0.3) is 10.9 Å². The van der Waals surface area contributed by atoms with Crippen molar-refractivity contribution in [2.45, 2.75) is 0 Å². The van der Waals surface area contributed by atoms with E-state index in [0.717, 1.165) is 35.4 Å². The van der Waals surface area contributed by atoms with Gasteiger partial charge in [-0.15, -0.1) is 0 Å². The number of morpholine rings is 1. The molecule has 1 aromatic heterocycles. The number of carbonyl (C=O) groups is 1. The number of benzene rings is 1. The summed E-state index contributed by atoms with van der Waals surface area (Å²) in [5.41, 5.74) is 2.06. The van der Waals surface area contributed by atoms with Crippen LogP contribution in [0.3, 0.4) is 0 Å². The Labute approximate surface area is 141 Å². The molecule has 2 aromatic rings. The van der Waals surface area contributed by atoms with E-state index in [1.54, 1.807) is 7.11 Å². The van der Waals surface area contributed by atoms with Crippen LogP contribution < -0.4 is 9.64 Å². The van der Waals surface area contributed by atoms with E-state index in [1.165, 1.54) is 0 Å². The van der Waals surface area contributed by atoms with E-state index in [1.807, 2.05) is 35.4 Å². The molecule has 0 aliphatic carbocycles. The molecule has 2 aliphatic heterocycles. The van der Waals surface area contributed by atoms with Gasteiger partial charge in [0.05, 0.1) is 31.8 Å². The average molecular weight is 327 g/mol. The molecule has 1 aromatic carbocycles. The first-order valence-corrected chi connectivity index (χ1v) is 8.30. The predicted octanol–water partition coefficient (Wildman–Crippen LogP) is 1.54. The number of hydrogen-bond donors (Lipinski definition) is 0. The second-order valence-corrected chi connectivity index (χ2v) is 6.25. The normalized spacial score (nSPS) is 18.5. The monoisotopic (exact) mass is 327 g/mol. The zero-order chi connectivity index (χ0) is 16.5. The number of amides is 1. The molecule has 2 saturated heterocycles. The molecule has 6 heteroatoms. The molecule has 0 atom stereocenters. The van der Waals surface area contributed by atoms with Gasteiger partial charge in [0.25, 0.3) is 0 Å². The van der Waals surface area contributed by atoms with E-state index in [-0.39, 0.29) is 11.8 Å². The number of nitrogens with zero attached hydrogens (tertiary/aromatic N) is 3. The SMILES string of the molecule is COc1ccc2nccc(N3CC(C(=O)N4CCOCC4)C3)c2c1. The molecule has 6 nitrogen and oxygen atoms in total. The molecule has 1 amide bonds. The van der Waals surface area contributed by atoms with Crippen LogP contribution in [0.5, 0.6) is 5.75 Å². The number of methoxy groups -OCH3 is 1. The molecule has 0 saturated carbocycles. The van der Waals surface area contributed by atoms with Crippen LogP contribution in [0, 0.1) is 5.92 Å². The highest BCUT2D eigenvalue weighted by Crippen LogP contribution is 2.33. The number of pyridine rings is 1. The van der Waals surface area contributed by atoms with Crippen LogP contribution in [-0.2, 0) is 9.53 Å². The summed E-state index contributed by atoms with van der Waals surface area (Å²) >= 11 is 0. The van der Waals surface area contributed by atoms with Gasteiger partial charge in [-0.25, -0.2) is 0 Å². The van der Waals surface area contributed by atoms with E-state index in [2.05, 4.69) is 9.88 Å². The topological polar surface area (TPSA) is 54.9 Å². The summed E-state index contributed by atoms with van der Waals surface area (Å²) in [6.07, 6.45) is 1.82. The minimum Gasteiger partial charge on any atom is -0.497 e. The maximum atomic E-state index is 12.5. The van der Waals surface area contributed by atoms with Crippen LogP contribution in [0.15, 0.2) is 30.5 Å². The smallest absolute Gasteiger partial charge is 0.229 e. The molecule has 0 unspecified atom stereocenters. The summed E-state index contributed by atoms with van der Waals surface area (Å²) in [6.45, 7) is 4.24. The zero-order valence-corrected chi connectivity index (χ0v) is 13.8. The molecule has 0 bridgehead atoms. The Balaban J connectivity index is 1.50. The maximum Gasteiger partial charge on any atom is 0.229 e. The van der Waals surface area contributed by atoms with E-state index in [0.29, 0.717) is 26.3 Å². The van der Waals surface area contributed by atoms with E-state index < -0.39 is 0 Å². The second kappa shape index (κ2) is 6.28. The summed E-state index contributed by atoms with van der Waals surface area (Å²) < 4.78 is 10.6. The van der Waals surface area contributed by atoms with Gasteiger partial charge in [0.2, 0.25) is 5.91 Å². The number of ether oxygens (including phenoxy) is 2. The van der Waals surface area contributed by atoms with Crippen LogP contribution in [0.1, 0.15) is 0 Å². The minimum atomic E-state index is 0.0805. The van der Waals surface area contributed by atoms with Crippen LogP contribution in [0.2, 0.25) is 0 Å². The summed E-state index contributed by atoms with van der Waals surface area (Å²) in [4.78, 5) is 21.1. The van der Waals surface area contributed by atoms with Gasteiger partial charge in [0, 0.05) is 43.4 Å². The first-order chi connectivity index (χ1) is 11.8. The summed E-state index contributed by atoms with van der Waals surface area (Å²) in [6, 6.07) is 7.90. The van der Waals surface area contributed by atoms with E-state index in [9.17, 15) is 4.79 Å². The lowest BCUT2D eigenvalue weighted by atomic mass is 9.96. The van der Waals surface area contributed by atoms with Crippen molar-refractivity contribution in [3.63, 3.8) is 0 Å². The van der Waals surface area contributed by atoms with Crippen LogP contribution in [-0.4, -0.2) is 62.3 Å². The van der Waals surface area contributed by atoms with Gasteiger partial charge in [-0.2, -0.15) is 0 Å². The third-order valence-electron chi connectivity index (χ3n) is 4.82. The van der Waals surface area contributed by atoms with Gasteiger partial charge in [0.15, 0.2) is 0 Å². The fraction of sp³-hybridized carbons (Fsp3) is 0.444. The highest BCUT2D eigenvalue weighted by Gasteiger charge is 2.36. The molecule has 4 rings (SSSR count). The van der Waals surface area contributed by atoms with Crippen molar-refractivity contribution in [1.29, 1.82) is 0 Å². The number of hydrogen-bond acceptors (Lipinski definition) is 5. The van der Waals surface area contributed by atoms with Crippen LogP contribution >= 0.6 is 0 Å². The molecule has 126 valence electrons. The molecule has 0 radical (unpaired) electrons. The van der Waals surface area contributed by atoms with Gasteiger partial charge >= 0.3 is 0 Å². The van der Waals surface area contributed by atoms with Gasteiger partial charge in [-0.1, -0.05) is 0 Å². The second-order valence-electron chi connectivity index (χ2n) is 6.25. The highest BCUT2D eigenvalue weighted by molar-refractivity contribution is 5.94. The summed E-state index contributed by atoms with van der Waals surface area (Å²) in [5.74, 6) is 1.15. The van der Waals surface area contributed by atoms with Crippen molar-refractivity contribution in [3.05, 3.63) is 30.5 Å². The number of aromatic nitrogens is 1. The van der Waals surface area contributed by atoms with Crippen LogP contribution in [0.4, 0.5) is 5.69 Å². The molecule has 0 N–H and O–H groups in total. The predicted molar refractivity (Wildman–Crippen MR) is 91.4 cm³/mol. The van der Waals surface area contributed by atoms with Crippen molar-refractivity contribution in [1.82, 2.24) is 9.88 Å². The Hall–Kier alpha value is -2.34. The zero-order valence-electron chi connectivity index (χ0n) is 13.8. The molecule has 3 heterocycles. The number of carbonyl (C=O) groups excluding carboxylic acids is 1. The number of fused-ring (bicyclic) bond motifs is 1. The highest BCUT2D eigenvalue weighted by atomic mass is 16.5. The summed E-state index contributed by atoms with van der Waals surface area (Å²) in [7, 11) is 1.66. The molecular formula is C18H21N3O3. The Morgan fingerprint density at radius 3 is 2.79 bits per heavy atom. The van der Waals surface area contributed by atoms with Gasteiger partial charge < -0.3 is 19.3 Å². The molecule has 0 spiro atoms. The van der Waals surface area contributed by atoms with Gasteiger partial charge in [-0.3, -0.25) is 9.78 Å². The lowest BCUT2D eigenvalue weighted by Crippen LogP contribution is -2.56. The van der Waals surface area contributed by atoms with Gasteiger partial charge in [-0.05, 0) is 24.3 Å². The Kier molecular flexibility index (Phi) is 3.98. The maximum absolute atomic E-state index is 12.5. The largest absolute Gasteiger partial charge is 0.497 e. The van der Waals surface area contributed by atoms with E-state index >= 15 is 0 Å². The standard InChI is InChI=1S/C18H21N3O3/c1-23-14-2-3-16-15(10-14)17(4-5-19-16)21-11-13(12-21)18(22)20-6-8-24-9-7-20/h2-5,10,13H,6-9,11-12H2,1H3. The molecule has 2 aliphatic rings. The molecular weight excluding hydrogens is 306 g/mol. The molecule has 24 heavy (non-hydrogen) atoms. The number of anilines is 1. The van der Waals surface area contributed by atoms with Crippen molar-refractivity contribution in [3.8, 4) is 5.75 Å². The third kappa shape index (κ3) is 2.67. The average Bonchev–Trinajstić information content (AvgIpc) is 2.61. The Morgan fingerprint density at radius 2 is 2.04 bits per heavy atom. The summed E-state index contributed by atoms with van der Waals surface area (Å²) in [5, 5.41) is 1.06. The van der Waals surface area contributed by atoms with Crippen molar-refractivity contribution in [2.24, 2.45) is 5.92 Å². The van der Waals surface area contributed by atoms with Crippen molar-refractivity contribution < 1.29 is 14.3 Å². The minimum absolute atomic E-state index is 0.0805. The number of rotatable bonds is 3.